The molecule has 0 spiro atoms. The fourth-order valence-electron chi connectivity index (χ4n) is 3.26. The van der Waals surface area contributed by atoms with Gasteiger partial charge in [-0.25, -0.2) is 15.0 Å². The Morgan fingerprint density at radius 2 is 2.00 bits per heavy atom. The smallest absolute Gasteiger partial charge is 0.251 e. The van der Waals surface area contributed by atoms with E-state index in [0.717, 1.165) is 54.6 Å². The van der Waals surface area contributed by atoms with Crippen molar-refractivity contribution in [3.05, 3.63) is 45.9 Å². The van der Waals surface area contributed by atoms with Crippen LogP contribution in [0.4, 0.5) is 0 Å². The number of unbranched alkanes of at least 4 members (excludes halogenated alkanes) is 1. The largest absolute Gasteiger partial charge is 0.311 e. The van der Waals surface area contributed by atoms with Gasteiger partial charge in [-0.1, -0.05) is 25.1 Å². The Morgan fingerprint density at radius 3 is 2.65 bits per heavy atom. The minimum absolute atomic E-state index is 0.0519. The Morgan fingerprint density at radius 1 is 1.27 bits per heavy atom. The number of aromatic amines is 1. The van der Waals surface area contributed by atoms with Crippen LogP contribution in [0.25, 0.3) is 0 Å². The molecule has 1 aliphatic heterocycles. The minimum Gasteiger partial charge on any atom is -0.311 e. The van der Waals surface area contributed by atoms with Crippen molar-refractivity contribution in [1.82, 2.24) is 24.8 Å². The summed E-state index contributed by atoms with van der Waals surface area (Å²) in [7, 11) is 0. The maximum absolute atomic E-state index is 11.6. The van der Waals surface area contributed by atoms with Gasteiger partial charge in [-0.05, 0) is 39.3 Å². The van der Waals surface area contributed by atoms with Gasteiger partial charge in [-0.3, -0.25) is 9.69 Å². The van der Waals surface area contributed by atoms with Crippen LogP contribution in [0.5, 0.6) is 0 Å². The molecule has 26 heavy (non-hydrogen) atoms. The number of likely N-dealkylation sites (tertiary alicyclic amines) is 1. The highest BCUT2D eigenvalue weighted by atomic mass is 32.2. The summed E-state index contributed by atoms with van der Waals surface area (Å²) >= 11 is 1.73. The quantitative estimate of drug-likeness (QED) is 0.456. The van der Waals surface area contributed by atoms with Gasteiger partial charge in [0, 0.05) is 42.2 Å². The Bertz CT molecular complexity index is 753. The molecule has 1 fully saturated rings. The van der Waals surface area contributed by atoms with Crippen molar-refractivity contribution < 1.29 is 0 Å². The standard InChI is InChI=1S/C19H27N5OS/c1-3-4-9-26-19-20-11-15(12-21-19)13-24-7-5-16(6-8-24)17-10-18(25)23-14(2)22-17/h10-12,16H,3-9,13H2,1-2H3,(H,22,23,25). The number of rotatable bonds is 7. The lowest BCUT2D eigenvalue weighted by molar-refractivity contribution is 0.202. The average Bonchev–Trinajstić information content (AvgIpc) is 2.63. The van der Waals surface area contributed by atoms with E-state index in [1.807, 2.05) is 19.3 Å². The third-order valence-corrected chi connectivity index (χ3v) is 5.66. The molecule has 3 heterocycles. The highest BCUT2D eigenvalue weighted by Crippen LogP contribution is 2.26. The first kappa shape index (κ1) is 19.0. The van der Waals surface area contributed by atoms with Gasteiger partial charge in [0.15, 0.2) is 5.16 Å². The van der Waals surface area contributed by atoms with Crippen molar-refractivity contribution in [3.63, 3.8) is 0 Å². The van der Waals surface area contributed by atoms with Crippen molar-refractivity contribution in [1.29, 1.82) is 0 Å². The Balaban J connectivity index is 1.50. The lowest BCUT2D eigenvalue weighted by Crippen LogP contribution is -2.33. The van der Waals surface area contributed by atoms with E-state index in [9.17, 15) is 4.79 Å². The second-order valence-electron chi connectivity index (χ2n) is 6.88. The van der Waals surface area contributed by atoms with Crippen molar-refractivity contribution in [2.24, 2.45) is 0 Å². The monoisotopic (exact) mass is 373 g/mol. The van der Waals surface area contributed by atoms with Crippen LogP contribution in [0.3, 0.4) is 0 Å². The molecular weight excluding hydrogens is 346 g/mol. The summed E-state index contributed by atoms with van der Waals surface area (Å²) < 4.78 is 0. The molecule has 2 aromatic heterocycles. The van der Waals surface area contributed by atoms with E-state index in [4.69, 9.17) is 0 Å². The topological polar surface area (TPSA) is 74.8 Å². The summed E-state index contributed by atoms with van der Waals surface area (Å²) in [6, 6.07) is 1.65. The van der Waals surface area contributed by atoms with Crippen LogP contribution in [0.15, 0.2) is 28.4 Å². The summed E-state index contributed by atoms with van der Waals surface area (Å²) in [5.41, 5.74) is 2.04. The Kier molecular flexibility index (Phi) is 6.80. The summed E-state index contributed by atoms with van der Waals surface area (Å²) in [5.74, 6) is 2.16. The zero-order valence-corrected chi connectivity index (χ0v) is 16.4. The summed E-state index contributed by atoms with van der Waals surface area (Å²) in [4.78, 5) is 30.3. The number of hydrogen-bond acceptors (Lipinski definition) is 6. The third-order valence-electron chi connectivity index (χ3n) is 4.70. The van der Waals surface area contributed by atoms with Gasteiger partial charge < -0.3 is 4.98 Å². The first-order valence-corrected chi connectivity index (χ1v) is 10.4. The number of aryl methyl sites for hydroxylation is 1. The Hall–Kier alpha value is -1.73. The average molecular weight is 374 g/mol. The number of nitrogens with zero attached hydrogens (tertiary/aromatic N) is 4. The SMILES string of the molecule is CCCCSc1ncc(CN2CCC(c3cc(=O)[nH]c(C)n3)CC2)cn1. The first-order chi connectivity index (χ1) is 12.6. The van der Waals surface area contributed by atoms with Gasteiger partial charge in [0.25, 0.3) is 5.56 Å². The molecule has 140 valence electrons. The zero-order chi connectivity index (χ0) is 18.4. The van der Waals surface area contributed by atoms with Crippen LogP contribution in [0.1, 0.15) is 55.6 Å². The summed E-state index contributed by atoms with van der Waals surface area (Å²) in [6.45, 7) is 6.93. The summed E-state index contributed by atoms with van der Waals surface area (Å²) in [6.07, 6.45) is 8.37. The van der Waals surface area contributed by atoms with E-state index < -0.39 is 0 Å². The molecule has 1 saturated heterocycles. The normalized spacial score (nSPS) is 16.1. The van der Waals surface area contributed by atoms with E-state index in [1.54, 1.807) is 17.8 Å². The van der Waals surface area contributed by atoms with Gasteiger partial charge in [-0.15, -0.1) is 0 Å². The van der Waals surface area contributed by atoms with Gasteiger partial charge in [0.1, 0.15) is 5.82 Å². The molecular formula is C19H27N5OS. The minimum atomic E-state index is -0.0519. The van der Waals surface area contributed by atoms with Gasteiger partial charge >= 0.3 is 0 Å². The predicted molar refractivity (Wildman–Crippen MR) is 105 cm³/mol. The molecule has 3 rings (SSSR count). The lowest BCUT2D eigenvalue weighted by Gasteiger charge is -2.31. The molecule has 7 heteroatoms. The summed E-state index contributed by atoms with van der Waals surface area (Å²) in [5, 5.41) is 0.872. The molecule has 0 radical (unpaired) electrons. The van der Waals surface area contributed by atoms with Crippen LogP contribution < -0.4 is 5.56 Å². The molecule has 1 aliphatic rings. The maximum Gasteiger partial charge on any atom is 0.251 e. The van der Waals surface area contributed by atoms with Crippen LogP contribution in [-0.2, 0) is 6.54 Å². The lowest BCUT2D eigenvalue weighted by atomic mass is 9.93. The van der Waals surface area contributed by atoms with Crippen molar-refractivity contribution in [3.8, 4) is 0 Å². The van der Waals surface area contributed by atoms with E-state index in [2.05, 4.69) is 31.8 Å². The van der Waals surface area contributed by atoms with Gasteiger partial charge in [-0.2, -0.15) is 0 Å². The van der Waals surface area contributed by atoms with Crippen LogP contribution in [0, 0.1) is 6.92 Å². The number of H-pyrrole nitrogens is 1. The van der Waals surface area contributed by atoms with E-state index >= 15 is 0 Å². The molecule has 0 bridgehead atoms. The van der Waals surface area contributed by atoms with Crippen LogP contribution in [0.2, 0.25) is 0 Å². The molecule has 0 aliphatic carbocycles. The molecule has 2 aromatic rings. The van der Waals surface area contributed by atoms with Gasteiger partial charge in [0.2, 0.25) is 0 Å². The molecule has 0 unspecified atom stereocenters. The van der Waals surface area contributed by atoms with E-state index in [0.29, 0.717) is 11.7 Å². The number of aromatic nitrogens is 4. The fourth-order valence-corrected chi connectivity index (χ4v) is 4.13. The molecule has 6 nitrogen and oxygen atoms in total. The van der Waals surface area contributed by atoms with Crippen molar-refractivity contribution in [2.45, 2.75) is 57.1 Å². The number of piperidine rings is 1. The maximum atomic E-state index is 11.6. The predicted octanol–water partition coefficient (Wildman–Crippen LogP) is 3.14. The van der Waals surface area contributed by atoms with E-state index in [1.165, 1.54) is 12.8 Å². The molecule has 0 aromatic carbocycles. The fraction of sp³-hybridized carbons (Fsp3) is 0.579. The van der Waals surface area contributed by atoms with Gasteiger partial charge in [0.05, 0.1) is 5.69 Å². The second kappa shape index (κ2) is 9.28. The number of hydrogen-bond donors (Lipinski definition) is 1. The second-order valence-corrected chi connectivity index (χ2v) is 7.94. The highest BCUT2D eigenvalue weighted by Gasteiger charge is 2.22. The molecule has 0 saturated carbocycles. The molecule has 0 atom stereocenters. The molecule has 1 N–H and O–H groups in total. The first-order valence-electron chi connectivity index (χ1n) is 9.38. The Labute approximate surface area is 158 Å². The third kappa shape index (κ3) is 5.38. The molecule has 0 amide bonds. The van der Waals surface area contributed by atoms with Crippen molar-refractivity contribution in [2.75, 3.05) is 18.8 Å². The van der Waals surface area contributed by atoms with Crippen molar-refractivity contribution >= 4 is 11.8 Å². The number of nitrogens with one attached hydrogen (secondary N) is 1. The van der Waals surface area contributed by atoms with Crippen LogP contribution >= 0.6 is 11.8 Å². The van der Waals surface area contributed by atoms with Crippen LogP contribution in [-0.4, -0.2) is 43.7 Å². The number of thioether (sulfide) groups is 1. The highest BCUT2D eigenvalue weighted by molar-refractivity contribution is 7.99. The van der Waals surface area contributed by atoms with E-state index in [-0.39, 0.29) is 5.56 Å². The zero-order valence-electron chi connectivity index (χ0n) is 15.6.